The van der Waals surface area contributed by atoms with Gasteiger partial charge in [0, 0.05) is 6.04 Å². The zero-order valence-electron chi connectivity index (χ0n) is 13.4. The third kappa shape index (κ3) is 4.08. The van der Waals surface area contributed by atoms with E-state index in [-0.39, 0.29) is 6.04 Å². The van der Waals surface area contributed by atoms with Crippen molar-refractivity contribution in [2.75, 3.05) is 0 Å². The van der Waals surface area contributed by atoms with Crippen molar-refractivity contribution in [2.24, 2.45) is 5.73 Å². The van der Waals surface area contributed by atoms with E-state index in [9.17, 15) is 0 Å². The van der Waals surface area contributed by atoms with Crippen molar-refractivity contribution in [2.45, 2.75) is 46.1 Å². The summed E-state index contributed by atoms with van der Waals surface area (Å²) in [6.45, 7) is 8.48. The van der Waals surface area contributed by atoms with Crippen molar-refractivity contribution >= 4 is 0 Å². The lowest BCUT2D eigenvalue weighted by atomic mass is 10.0. The summed E-state index contributed by atoms with van der Waals surface area (Å²) in [5.74, 6) is 2.27. The van der Waals surface area contributed by atoms with Crippen LogP contribution in [0.4, 0.5) is 0 Å². The van der Waals surface area contributed by atoms with E-state index in [1.54, 1.807) is 0 Å². The summed E-state index contributed by atoms with van der Waals surface area (Å²) >= 11 is 0. The minimum atomic E-state index is 0.120. The Labute approximate surface area is 127 Å². The highest BCUT2D eigenvalue weighted by molar-refractivity contribution is 5.44. The van der Waals surface area contributed by atoms with Crippen LogP contribution in [0.5, 0.6) is 11.5 Å². The van der Waals surface area contributed by atoms with Crippen molar-refractivity contribution in [1.29, 1.82) is 0 Å². The van der Waals surface area contributed by atoms with Crippen molar-refractivity contribution in [3.63, 3.8) is 0 Å². The zero-order chi connectivity index (χ0) is 15.4. The molecule has 0 aliphatic rings. The SMILES string of the molecule is Cc1ccc(Oc2ccccc2C(C)C)c(CC(C)N)c1. The van der Waals surface area contributed by atoms with Gasteiger partial charge in [-0.15, -0.1) is 0 Å². The maximum absolute atomic E-state index is 6.20. The molecule has 2 aromatic rings. The minimum absolute atomic E-state index is 0.120. The average molecular weight is 283 g/mol. The van der Waals surface area contributed by atoms with Crippen LogP contribution >= 0.6 is 0 Å². The Morgan fingerprint density at radius 2 is 1.71 bits per heavy atom. The van der Waals surface area contributed by atoms with Gasteiger partial charge in [-0.2, -0.15) is 0 Å². The molecule has 0 fully saturated rings. The number of aryl methyl sites for hydroxylation is 1. The van der Waals surface area contributed by atoms with Crippen LogP contribution in [0.2, 0.25) is 0 Å². The third-order valence-corrected chi connectivity index (χ3v) is 3.52. The van der Waals surface area contributed by atoms with Gasteiger partial charge in [-0.3, -0.25) is 0 Å². The second-order valence-electron chi connectivity index (χ2n) is 6.09. The smallest absolute Gasteiger partial charge is 0.130 e. The van der Waals surface area contributed by atoms with Crippen LogP contribution in [0, 0.1) is 6.92 Å². The minimum Gasteiger partial charge on any atom is -0.457 e. The van der Waals surface area contributed by atoms with Gasteiger partial charge >= 0.3 is 0 Å². The Morgan fingerprint density at radius 1 is 1.00 bits per heavy atom. The van der Waals surface area contributed by atoms with Crippen molar-refractivity contribution in [3.05, 3.63) is 59.2 Å². The fourth-order valence-corrected chi connectivity index (χ4v) is 2.48. The van der Waals surface area contributed by atoms with Crippen LogP contribution < -0.4 is 10.5 Å². The van der Waals surface area contributed by atoms with Gasteiger partial charge in [-0.1, -0.05) is 49.7 Å². The summed E-state index contributed by atoms with van der Waals surface area (Å²) in [4.78, 5) is 0. The lowest BCUT2D eigenvalue weighted by Crippen LogP contribution is -2.18. The molecular weight excluding hydrogens is 258 g/mol. The average Bonchev–Trinajstić information content (AvgIpc) is 2.41. The van der Waals surface area contributed by atoms with Crippen LogP contribution in [0.3, 0.4) is 0 Å². The van der Waals surface area contributed by atoms with Crippen molar-refractivity contribution in [3.8, 4) is 11.5 Å². The highest BCUT2D eigenvalue weighted by Crippen LogP contribution is 2.32. The third-order valence-electron chi connectivity index (χ3n) is 3.52. The fourth-order valence-electron chi connectivity index (χ4n) is 2.48. The van der Waals surface area contributed by atoms with Crippen LogP contribution in [0.25, 0.3) is 0 Å². The van der Waals surface area contributed by atoms with Gasteiger partial charge in [0.05, 0.1) is 0 Å². The maximum atomic E-state index is 6.20. The van der Waals surface area contributed by atoms with E-state index < -0.39 is 0 Å². The molecule has 0 heterocycles. The number of nitrogens with two attached hydrogens (primary N) is 1. The summed E-state index contributed by atoms with van der Waals surface area (Å²) in [6, 6.07) is 14.6. The number of para-hydroxylation sites is 1. The molecule has 1 unspecified atom stereocenters. The first-order chi connectivity index (χ1) is 9.97. The van der Waals surface area contributed by atoms with Gasteiger partial charge in [-0.25, -0.2) is 0 Å². The molecule has 2 rings (SSSR count). The molecule has 0 aromatic heterocycles. The second-order valence-corrected chi connectivity index (χ2v) is 6.09. The van der Waals surface area contributed by atoms with Gasteiger partial charge in [-0.05, 0) is 49.4 Å². The first-order valence-electron chi connectivity index (χ1n) is 7.59. The number of ether oxygens (including phenoxy) is 1. The van der Waals surface area contributed by atoms with Gasteiger partial charge in [0.25, 0.3) is 0 Å². The Morgan fingerprint density at radius 3 is 2.38 bits per heavy atom. The Hall–Kier alpha value is -1.80. The van der Waals surface area contributed by atoms with Gasteiger partial charge in [0.15, 0.2) is 0 Å². The van der Waals surface area contributed by atoms with Crippen LogP contribution in [0.1, 0.15) is 43.4 Å². The molecule has 0 saturated heterocycles. The largest absolute Gasteiger partial charge is 0.457 e. The van der Waals surface area contributed by atoms with Crippen LogP contribution in [-0.4, -0.2) is 6.04 Å². The molecule has 2 N–H and O–H groups in total. The van der Waals surface area contributed by atoms with E-state index in [0.29, 0.717) is 5.92 Å². The molecule has 2 nitrogen and oxygen atoms in total. The molecule has 2 heteroatoms. The standard InChI is InChI=1S/C19H25NO/c1-13(2)17-7-5-6-8-19(17)21-18-10-9-14(3)11-16(18)12-15(4)20/h5-11,13,15H,12,20H2,1-4H3. The molecule has 0 bridgehead atoms. The topological polar surface area (TPSA) is 35.2 Å². The molecule has 2 aromatic carbocycles. The lowest BCUT2D eigenvalue weighted by Gasteiger charge is -2.17. The van der Waals surface area contributed by atoms with E-state index in [0.717, 1.165) is 17.9 Å². The molecular formula is C19H25NO. The van der Waals surface area contributed by atoms with Crippen LogP contribution in [-0.2, 0) is 6.42 Å². The van der Waals surface area contributed by atoms with Crippen molar-refractivity contribution in [1.82, 2.24) is 0 Å². The normalized spacial score (nSPS) is 12.5. The van der Waals surface area contributed by atoms with E-state index >= 15 is 0 Å². The molecule has 0 saturated carbocycles. The summed E-state index contributed by atoms with van der Waals surface area (Å²) in [6.07, 6.45) is 0.820. The van der Waals surface area contributed by atoms with E-state index in [1.165, 1.54) is 16.7 Å². The molecule has 21 heavy (non-hydrogen) atoms. The lowest BCUT2D eigenvalue weighted by molar-refractivity contribution is 0.465. The second kappa shape index (κ2) is 6.77. The summed E-state index contributed by atoms with van der Waals surface area (Å²) in [7, 11) is 0. The first-order valence-corrected chi connectivity index (χ1v) is 7.59. The predicted octanol–water partition coefficient (Wildman–Crippen LogP) is 4.80. The molecule has 0 spiro atoms. The Kier molecular flexibility index (Phi) is 5.03. The van der Waals surface area contributed by atoms with Crippen LogP contribution in [0.15, 0.2) is 42.5 Å². The van der Waals surface area contributed by atoms with Gasteiger partial charge in [0.1, 0.15) is 11.5 Å². The molecule has 1 atom stereocenters. The first kappa shape index (κ1) is 15.6. The summed E-state index contributed by atoms with van der Waals surface area (Å²) in [5, 5.41) is 0. The highest BCUT2D eigenvalue weighted by atomic mass is 16.5. The number of hydrogen-bond donors (Lipinski definition) is 1. The number of rotatable bonds is 5. The van der Waals surface area contributed by atoms with Crippen molar-refractivity contribution < 1.29 is 4.74 Å². The quantitative estimate of drug-likeness (QED) is 0.855. The highest BCUT2D eigenvalue weighted by Gasteiger charge is 2.11. The van der Waals surface area contributed by atoms with Gasteiger partial charge < -0.3 is 10.5 Å². The molecule has 112 valence electrons. The maximum Gasteiger partial charge on any atom is 0.130 e. The van der Waals surface area contributed by atoms with E-state index in [2.05, 4.69) is 45.0 Å². The molecule has 0 aliphatic carbocycles. The van der Waals surface area contributed by atoms with E-state index in [4.69, 9.17) is 10.5 Å². The zero-order valence-corrected chi connectivity index (χ0v) is 13.4. The predicted molar refractivity (Wildman–Crippen MR) is 89.1 cm³/mol. The number of benzene rings is 2. The molecule has 0 aliphatic heterocycles. The summed E-state index contributed by atoms with van der Waals surface area (Å²) < 4.78 is 6.20. The Bertz CT molecular complexity index is 602. The van der Waals surface area contributed by atoms with Gasteiger partial charge in [0.2, 0.25) is 0 Å². The monoisotopic (exact) mass is 283 g/mol. The van der Waals surface area contributed by atoms with E-state index in [1.807, 2.05) is 25.1 Å². The Balaban J connectivity index is 2.35. The fraction of sp³-hybridized carbons (Fsp3) is 0.368. The molecule has 0 amide bonds. The summed E-state index contributed by atoms with van der Waals surface area (Å²) in [5.41, 5.74) is 9.59. The molecule has 0 radical (unpaired) electrons. The number of hydrogen-bond acceptors (Lipinski definition) is 2.